The zero-order valence-electron chi connectivity index (χ0n) is 6.70. The third kappa shape index (κ3) is 0.743. The van der Waals surface area contributed by atoms with Crippen LogP contribution in [0.2, 0.25) is 0 Å². The third-order valence-electron chi connectivity index (χ3n) is 3.66. The van der Waals surface area contributed by atoms with Crippen molar-refractivity contribution < 1.29 is 9.53 Å². The molecule has 66 valence electrons. The van der Waals surface area contributed by atoms with E-state index >= 15 is 0 Å². The molecule has 1 heterocycles. The van der Waals surface area contributed by atoms with Gasteiger partial charge in [-0.1, -0.05) is 0 Å². The molecule has 0 aromatic carbocycles. The van der Waals surface area contributed by atoms with Gasteiger partial charge in [-0.15, -0.1) is 11.6 Å². The van der Waals surface area contributed by atoms with Gasteiger partial charge in [-0.25, -0.2) is 0 Å². The molecule has 3 heteroatoms. The second-order valence-electron chi connectivity index (χ2n) is 4.22. The zero-order chi connectivity index (χ0) is 8.29. The van der Waals surface area contributed by atoms with E-state index in [1.54, 1.807) is 0 Å². The Morgan fingerprint density at radius 3 is 2.83 bits per heavy atom. The minimum absolute atomic E-state index is 0.0299. The molecule has 0 amide bonds. The number of ether oxygens (including phenoxy) is 1. The largest absolute Gasteiger partial charge is 0.462 e. The molecule has 3 rings (SSSR count). The normalized spacial score (nSPS) is 55.8. The lowest BCUT2D eigenvalue weighted by molar-refractivity contribution is -0.160. The monoisotopic (exact) mass is 186 g/mol. The van der Waals surface area contributed by atoms with Crippen LogP contribution in [0, 0.1) is 17.8 Å². The lowest BCUT2D eigenvalue weighted by Crippen LogP contribution is -2.31. The molecule has 0 aromatic rings. The number of fused-ring (bicyclic) bond motifs is 1. The molecule has 5 atom stereocenters. The molecular formula is C9H11ClO2. The number of esters is 1. The number of carbonyl (C=O) groups is 1. The molecule has 0 radical (unpaired) electrons. The van der Waals surface area contributed by atoms with E-state index in [-0.39, 0.29) is 23.4 Å². The smallest absolute Gasteiger partial charge is 0.309 e. The Morgan fingerprint density at radius 1 is 1.25 bits per heavy atom. The van der Waals surface area contributed by atoms with Gasteiger partial charge < -0.3 is 4.74 Å². The van der Waals surface area contributed by atoms with Crippen molar-refractivity contribution >= 4 is 17.6 Å². The lowest BCUT2D eigenvalue weighted by Gasteiger charge is -2.25. The number of hydrogen-bond acceptors (Lipinski definition) is 2. The quantitative estimate of drug-likeness (QED) is 0.424. The van der Waals surface area contributed by atoms with Gasteiger partial charge in [-0.05, 0) is 18.8 Å². The molecular weight excluding hydrogens is 176 g/mol. The van der Waals surface area contributed by atoms with Crippen LogP contribution in [0.15, 0.2) is 0 Å². The topological polar surface area (TPSA) is 26.3 Å². The molecule has 1 saturated heterocycles. The Hall–Kier alpha value is -0.240. The summed E-state index contributed by atoms with van der Waals surface area (Å²) < 4.78 is 5.31. The molecule has 2 aliphatic carbocycles. The molecule has 2 nitrogen and oxygen atoms in total. The van der Waals surface area contributed by atoms with Crippen molar-refractivity contribution in [3.05, 3.63) is 0 Å². The van der Waals surface area contributed by atoms with Crippen molar-refractivity contribution in [3.8, 4) is 0 Å². The van der Waals surface area contributed by atoms with Gasteiger partial charge in [0.15, 0.2) is 0 Å². The number of rotatable bonds is 0. The van der Waals surface area contributed by atoms with Gasteiger partial charge in [0.2, 0.25) is 0 Å². The van der Waals surface area contributed by atoms with Crippen LogP contribution < -0.4 is 0 Å². The average Bonchev–Trinajstić information content (AvgIpc) is 2.50. The SMILES string of the molecule is O=C1O[C@@H]2C[C@@H](Cl)[C@@H]3C[C@H]1C[C@@H]32. The molecule has 12 heavy (non-hydrogen) atoms. The zero-order valence-corrected chi connectivity index (χ0v) is 7.46. The Bertz CT molecular complexity index is 241. The third-order valence-corrected chi connectivity index (χ3v) is 4.17. The molecule has 1 aliphatic heterocycles. The molecule has 0 unspecified atom stereocenters. The summed E-state index contributed by atoms with van der Waals surface area (Å²) in [6.07, 6.45) is 3.06. The summed E-state index contributed by atoms with van der Waals surface area (Å²) in [7, 11) is 0. The number of alkyl halides is 1. The summed E-state index contributed by atoms with van der Waals surface area (Å²) in [5.41, 5.74) is 0. The second kappa shape index (κ2) is 2.16. The van der Waals surface area contributed by atoms with Crippen molar-refractivity contribution in [1.82, 2.24) is 0 Å². The van der Waals surface area contributed by atoms with Crippen LogP contribution in [0.4, 0.5) is 0 Å². The number of carbonyl (C=O) groups excluding carboxylic acids is 1. The maximum atomic E-state index is 11.3. The van der Waals surface area contributed by atoms with E-state index in [0.29, 0.717) is 11.8 Å². The van der Waals surface area contributed by atoms with Gasteiger partial charge in [0.1, 0.15) is 6.10 Å². The standard InChI is InChI=1S/C9H11ClO2/c10-7-3-8-6-2-4(1-5(6)7)9(11)12-8/h4-8H,1-3H2/t4-,5+,6-,7+,8+/m0/s1. The minimum atomic E-state index is 0.0299. The minimum Gasteiger partial charge on any atom is -0.462 e. The van der Waals surface area contributed by atoms with Gasteiger partial charge in [-0.2, -0.15) is 0 Å². The maximum absolute atomic E-state index is 11.3. The highest BCUT2D eigenvalue weighted by Gasteiger charge is 2.55. The second-order valence-corrected chi connectivity index (χ2v) is 4.78. The Labute approximate surface area is 76.2 Å². The van der Waals surface area contributed by atoms with Crippen LogP contribution in [-0.2, 0) is 9.53 Å². The molecule has 0 spiro atoms. The first kappa shape index (κ1) is 7.19. The van der Waals surface area contributed by atoms with E-state index in [2.05, 4.69) is 0 Å². The van der Waals surface area contributed by atoms with Gasteiger partial charge in [0, 0.05) is 17.7 Å². The first-order chi connectivity index (χ1) is 5.75. The maximum Gasteiger partial charge on any atom is 0.309 e. The van der Waals surface area contributed by atoms with Crippen molar-refractivity contribution in [3.63, 3.8) is 0 Å². The van der Waals surface area contributed by atoms with Crippen LogP contribution in [-0.4, -0.2) is 17.5 Å². The fourth-order valence-electron chi connectivity index (χ4n) is 3.09. The number of halogens is 1. The van der Waals surface area contributed by atoms with Crippen molar-refractivity contribution in [2.75, 3.05) is 0 Å². The first-order valence-electron chi connectivity index (χ1n) is 4.60. The molecule has 0 N–H and O–H groups in total. The van der Waals surface area contributed by atoms with Crippen molar-refractivity contribution in [2.24, 2.45) is 17.8 Å². The summed E-state index contributed by atoms with van der Waals surface area (Å²) in [5, 5.41) is 0.262. The summed E-state index contributed by atoms with van der Waals surface area (Å²) in [5.74, 6) is 1.36. The molecule has 3 fully saturated rings. The fourth-order valence-corrected chi connectivity index (χ4v) is 3.56. The van der Waals surface area contributed by atoms with E-state index in [1.807, 2.05) is 0 Å². The fraction of sp³-hybridized carbons (Fsp3) is 0.889. The van der Waals surface area contributed by atoms with E-state index < -0.39 is 0 Å². The summed E-state index contributed by atoms with van der Waals surface area (Å²) in [4.78, 5) is 11.3. The molecule has 2 saturated carbocycles. The van der Waals surface area contributed by atoms with Crippen LogP contribution in [0.5, 0.6) is 0 Å². The van der Waals surface area contributed by atoms with Gasteiger partial charge in [0.05, 0.1) is 5.92 Å². The first-order valence-corrected chi connectivity index (χ1v) is 5.04. The highest BCUT2D eigenvalue weighted by atomic mass is 35.5. The Morgan fingerprint density at radius 2 is 2.00 bits per heavy atom. The van der Waals surface area contributed by atoms with E-state index in [0.717, 1.165) is 19.3 Å². The number of hydrogen-bond donors (Lipinski definition) is 0. The van der Waals surface area contributed by atoms with E-state index in [1.165, 1.54) is 0 Å². The summed E-state index contributed by atoms with van der Waals surface area (Å²) in [6.45, 7) is 0. The highest BCUT2D eigenvalue weighted by molar-refractivity contribution is 6.21. The summed E-state index contributed by atoms with van der Waals surface area (Å²) >= 11 is 6.16. The predicted molar refractivity (Wildman–Crippen MR) is 43.8 cm³/mol. The molecule has 3 aliphatic rings. The van der Waals surface area contributed by atoms with Gasteiger partial charge in [0.25, 0.3) is 0 Å². The van der Waals surface area contributed by atoms with Gasteiger partial charge in [-0.3, -0.25) is 4.79 Å². The average molecular weight is 187 g/mol. The predicted octanol–water partition coefficient (Wildman–Crippen LogP) is 1.57. The summed E-state index contributed by atoms with van der Waals surface area (Å²) in [6, 6.07) is 0. The van der Waals surface area contributed by atoms with E-state index in [4.69, 9.17) is 16.3 Å². The van der Waals surface area contributed by atoms with Crippen LogP contribution >= 0.6 is 11.6 Å². The van der Waals surface area contributed by atoms with E-state index in [9.17, 15) is 4.79 Å². The van der Waals surface area contributed by atoms with Crippen molar-refractivity contribution in [2.45, 2.75) is 30.7 Å². The molecule has 2 bridgehead atoms. The van der Waals surface area contributed by atoms with Crippen molar-refractivity contribution in [1.29, 1.82) is 0 Å². The highest BCUT2D eigenvalue weighted by Crippen LogP contribution is 2.53. The van der Waals surface area contributed by atoms with Crippen LogP contribution in [0.1, 0.15) is 19.3 Å². The van der Waals surface area contributed by atoms with Crippen LogP contribution in [0.3, 0.4) is 0 Å². The molecule has 0 aromatic heterocycles. The Balaban J connectivity index is 1.96. The van der Waals surface area contributed by atoms with Crippen LogP contribution in [0.25, 0.3) is 0 Å². The lowest BCUT2D eigenvalue weighted by atomic mass is 9.97. The Kier molecular flexibility index (Phi) is 1.30. The van der Waals surface area contributed by atoms with Gasteiger partial charge >= 0.3 is 5.97 Å².